The molecule has 1 amide bonds. The van der Waals surface area contributed by atoms with Gasteiger partial charge in [-0.2, -0.15) is 0 Å². The Hall–Kier alpha value is -2.15. The number of ketones is 1. The number of carbonyl (C=O) groups excluding carboxylic acids is 1. The van der Waals surface area contributed by atoms with Gasteiger partial charge in [0.1, 0.15) is 0 Å². The maximum Gasteiger partial charge on any atom is 0.404 e. The van der Waals surface area contributed by atoms with Gasteiger partial charge in [-0.3, -0.25) is 9.78 Å². The van der Waals surface area contributed by atoms with Gasteiger partial charge in [-0.25, -0.2) is 4.79 Å². The van der Waals surface area contributed by atoms with E-state index in [4.69, 9.17) is 5.11 Å². The van der Waals surface area contributed by atoms with Gasteiger partial charge in [0.2, 0.25) is 0 Å². The number of amides is 1. The average molecular weight is 432 g/mol. The molecule has 0 saturated heterocycles. The zero-order valence-electron chi connectivity index (χ0n) is 14.9. The molecule has 2 fully saturated rings. The number of halogens is 1. The molecule has 0 radical (unpaired) electrons. The van der Waals surface area contributed by atoms with Crippen LogP contribution < -0.4 is 10.6 Å². The van der Waals surface area contributed by atoms with Gasteiger partial charge in [0.25, 0.3) is 0 Å². The highest BCUT2D eigenvalue weighted by atomic mass is 79.9. The Kier molecular flexibility index (Phi) is 5.04. The smallest absolute Gasteiger partial charge is 0.404 e. The number of hydrogen-bond donors (Lipinski definition) is 3. The summed E-state index contributed by atoms with van der Waals surface area (Å²) >= 11 is 3.52. The van der Waals surface area contributed by atoms with Crippen LogP contribution in [0, 0.1) is 5.92 Å². The molecule has 0 unspecified atom stereocenters. The molecule has 0 bridgehead atoms. The molecule has 0 aliphatic heterocycles. The molecule has 7 heteroatoms. The van der Waals surface area contributed by atoms with E-state index in [1.54, 1.807) is 6.20 Å². The number of benzene rings is 1. The van der Waals surface area contributed by atoms with Crippen LogP contribution in [0.25, 0.3) is 10.9 Å². The van der Waals surface area contributed by atoms with E-state index in [2.05, 4.69) is 31.5 Å². The molecular formula is C20H22BrN3O3. The first-order valence-corrected chi connectivity index (χ1v) is 10.2. The van der Waals surface area contributed by atoms with E-state index in [1.807, 2.05) is 18.2 Å². The third kappa shape index (κ3) is 4.08. The Bertz CT molecular complexity index is 889. The number of fused-ring (bicyclic) bond motifs is 1. The zero-order chi connectivity index (χ0) is 19.0. The first kappa shape index (κ1) is 18.2. The molecule has 1 heterocycles. The van der Waals surface area contributed by atoms with Crippen LogP contribution in [-0.4, -0.2) is 34.1 Å². The fourth-order valence-electron chi connectivity index (χ4n) is 3.83. The fourth-order valence-corrected chi connectivity index (χ4v) is 4.19. The van der Waals surface area contributed by atoms with Crippen LogP contribution in [0.1, 0.15) is 48.9 Å². The number of nitrogens with one attached hydrogen (secondary N) is 2. The van der Waals surface area contributed by atoms with E-state index in [0.29, 0.717) is 5.56 Å². The van der Waals surface area contributed by atoms with Crippen LogP contribution in [0.5, 0.6) is 0 Å². The normalized spacial score (nSPS) is 22.4. The van der Waals surface area contributed by atoms with Crippen molar-refractivity contribution in [3.63, 3.8) is 0 Å². The highest BCUT2D eigenvalue weighted by Crippen LogP contribution is 2.38. The van der Waals surface area contributed by atoms with Gasteiger partial charge in [0, 0.05) is 34.1 Å². The number of nitrogens with zero attached hydrogens (tertiary/aromatic N) is 1. The molecule has 2 aliphatic rings. The number of carbonyl (C=O) groups is 2. The molecule has 3 N–H and O–H groups in total. The Morgan fingerprint density at radius 1 is 1.07 bits per heavy atom. The first-order chi connectivity index (χ1) is 13.0. The number of pyridine rings is 1. The lowest BCUT2D eigenvalue weighted by Crippen LogP contribution is -2.39. The maximum absolute atomic E-state index is 12.8. The van der Waals surface area contributed by atoms with E-state index >= 15 is 0 Å². The number of hydrogen-bond acceptors (Lipinski definition) is 4. The fraction of sp³-hybridized carbons (Fsp3) is 0.450. The molecule has 1 aromatic carbocycles. The monoisotopic (exact) mass is 431 g/mol. The molecule has 2 saturated carbocycles. The third-order valence-electron chi connectivity index (χ3n) is 5.45. The summed E-state index contributed by atoms with van der Waals surface area (Å²) in [5.41, 5.74) is 2.40. The van der Waals surface area contributed by atoms with Crippen LogP contribution in [0.3, 0.4) is 0 Å². The lowest BCUT2D eigenvalue weighted by molar-refractivity contribution is 0.0968. The summed E-state index contributed by atoms with van der Waals surface area (Å²) < 4.78 is 0.949. The summed E-state index contributed by atoms with van der Waals surface area (Å²) in [5, 5.41) is 16.0. The molecule has 27 heavy (non-hydrogen) atoms. The number of carboxylic acid groups (broad SMARTS) is 1. The molecule has 2 aliphatic carbocycles. The predicted octanol–water partition coefficient (Wildman–Crippen LogP) is 4.58. The zero-order valence-corrected chi connectivity index (χ0v) is 16.5. The quantitative estimate of drug-likeness (QED) is 0.602. The highest BCUT2D eigenvalue weighted by molar-refractivity contribution is 9.10. The molecule has 2 aromatic rings. The molecule has 0 atom stereocenters. The van der Waals surface area contributed by atoms with Crippen LogP contribution >= 0.6 is 15.9 Å². The van der Waals surface area contributed by atoms with E-state index < -0.39 is 6.09 Å². The van der Waals surface area contributed by atoms with Crippen molar-refractivity contribution in [1.82, 2.24) is 10.3 Å². The SMILES string of the molecule is O=C(O)N[C@H]1CC[C@@H](Nc2c(C(=O)C3CC3)cnc3ccc(Br)cc23)CC1. The second kappa shape index (κ2) is 7.46. The molecule has 142 valence electrons. The van der Waals surface area contributed by atoms with Crippen LogP contribution in [0.4, 0.5) is 10.5 Å². The van der Waals surface area contributed by atoms with E-state index in [0.717, 1.165) is 59.6 Å². The van der Waals surface area contributed by atoms with Gasteiger partial charge in [0.15, 0.2) is 5.78 Å². The maximum atomic E-state index is 12.8. The molecule has 1 aromatic heterocycles. The van der Waals surface area contributed by atoms with Crippen molar-refractivity contribution < 1.29 is 14.7 Å². The summed E-state index contributed by atoms with van der Waals surface area (Å²) in [6.07, 6.45) is 5.97. The predicted molar refractivity (Wildman–Crippen MR) is 107 cm³/mol. The van der Waals surface area contributed by atoms with Crippen molar-refractivity contribution in [2.75, 3.05) is 5.32 Å². The van der Waals surface area contributed by atoms with Crippen molar-refractivity contribution in [1.29, 1.82) is 0 Å². The van der Waals surface area contributed by atoms with Gasteiger partial charge >= 0.3 is 6.09 Å². The standard InChI is InChI=1S/C20H22BrN3O3/c21-12-3-8-17-15(9-12)18(16(10-22-17)19(25)11-1-2-11)23-13-4-6-14(7-5-13)24-20(26)27/h3,8-11,13-14,24H,1-2,4-7H2,(H,22,23)(H,26,27)/t13-,14+. The third-order valence-corrected chi connectivity index (χ3v) is 5.94. The largest absolute Gasteiger partial charge is 0.465 e. The van der Waals surface area contributed by atoms with Crippen molar-refractivity contribution in [3.8, 4) is 0 Å². The van der Waals surface area contributed by atoms with Crippen LogP contribution in [0.15, 0.2) is 28.9 Å². The van der Waals surface area contributed by atoms with Crippen molar-refractivity contribution >= 4 is 44.4 Å². The second-order valence-corrected chi connectivity index (χ2v) is 8.40. The van der Waals surface area contributed by atoms with Crippen LogP contribution in [-0.2, 0) is 0 Å². The van der Waals surface area contributed by atoms with E-state index in [9.17, 15) is 9.59 Å². The van der Waals surface area contributed by atoms with E-state index in [1.165, 1.54) is 0 Å². The van der Waals surface area contributed by atoms with E-state index in [-0.39, 0.29) is 23.8 Å². The van der Waals surface area contributed by atoms with Crippen molar-refractivity contribution in [3.05, 3.63) is 34.4 Å². The van der Waals surface area contributed by atoms with Gasteiger partial charge in [-0.05, 0) is 56.7 Å². The minimum Gasteiger partial charge on any atom is -0.465 e. The summed E-state index contributed by atoms with van der Waals surface area (Å²) in [7, 11) is 0. The second-order valence-electron chi connectivity index (χ2n) is 7.49. The van der Waals surface area contributed by atoms with Crippen molar-refractivity contribution in [2.45, 2.75) is 50.6 Å². The Labute approximate surface area is 165 Å². The topological polar surface area (TPSA) is 91.3 Å². The number of Topliss-reactive ketones (excluding diaryl/α,β-unsaturated/α-hetero) is 1. The lowest BCUT2D eigenvalue weighted by atomic mass is 9.90. The van der Waals surface area contributed by atoms with Gasteiger partial charge in [-0.15, -0.1) is 0 Å². The average Bonchev–Trinajstić information content (AvgIpc) is 3.48. The molecule has 6 nitrogen and oxygen atoms in total. The van der Waals surface area contributed by atoms with Crippen LogP contribution in [0.2, 0.25) is 0 Å². The van der Waals surface area contributed by atoms with Crippen molar-refractivity contribution in [2.24, 2.45) is 5.92 Å². The minimum atomic E-state index is -0.964. The minimum absolute atomic E-state index is 0.0106. The Morgan fingerprint density at radius 3 is 2.44 bits per heavy atom. The summed E-state index contributed by atoms with van der Waals surface area (Å²) in [4.78, 5) is 28.1. The van der Waals surface area contributed by atoms with Gasteiger partial charge in [0.05, 0.1) is 16.8 Å². The number of aromatic nitrogens is 1. The number of anilines is 1. The summed E-state index contributed by atoms with van der Waals surface area (Å²) in [5.74, 6) is 0.306. The molecular weight excluding hydrogens is 410 g/mol. The Morgan fingerprint density at radius 2 is 1.78 bits per heavy atom. The highest BCUT2D eigenvalue weighted by Gasteiger charge is 2.33. The number of rotatable bonds is 5. The molecule has 0 spiro atoms. The summed E-state index contributed by atoms with van der Waals surface area (Å²) in [6.45, 7) is 0. The van der Waals surface area contributed by atoms with Gasteiger partial charge in [-0.1, -0.05) is 15.9 Å². The molecule has 4 rings (SSSR count). The summed E-state index contributed by atoms with van der Waals surface area (Å²) in [6, 6.07) is 6.13. The lowest BCUT2D eigenvalue weighted by Gasteiger charge is -2.30. The Balaban J connectivity index is 1.61. The van der Waals surface area contributed by atoms with Gasteiger partial charge < -0.3 is 15.7 Å². The first-order valence-electron chi connectivity index (χ1n) is 9.39.